The third kappa shape index (κ3) is 6.61. The minimum Gasteiger partial charge on any atom is -0.497 e. The van der Waals surface area contributed by atoms with Gasteiger partial charge in [0.2, 0.25) is 5.91 Å². The number of nitrogens with one attached hydrogen (secondary N) is 1. The predicted molar refractivity (Wildman–Crippen MR) is 95.6 cm³/mol. The van der Waals surface area contributed by atoms with E-state index in [1.54, 1.807) is 7.11 Å². The topological polar surface area (TPSA) is 64.3 Å². The van der Waals surface area contributed by atoms with Crippen molar-refractivity contribution in [1.29, 1.82) is 0 Å². The summed E-state index contributed by atoms with van der Waals surface area (Å²) in [5.41, 5.74) is 6.80. The zero-order valence-electron chi connectivity index (χ0n) is 15.0. The monoisotopic (exact) mass is 320 g/mol. The molecule has 0 spiro atoms. The van der Waals surface area contributed by atoms with E-state index in [1.165, 1.54) is 5.56 Å². The Balaban J connectivity index is 2.22. The Hall–Kier alpha value is -1.55. The maximum atomic E-state index is 12.0. The van der Waals surface area contributed by atoms with Gasteiger partial charge in [-0.3, -0.25) is 4.79 Å². The molecule has 130 valence electrons. The average molecular weight is 320 g/mol. The number of benzene rings is 1. The van der Waals surface area contributed by atoms with E-state index >= 15 is 0 Å². The molecule has 0 fully saturated rings. The molecule has 0 saturated carbocycles. The number of unbranched alkanes of at least 4 members (excludes halogenated alkanes) is 2. The molecule has 0 heterocycles. The third-order valence-corrected chi connectivity index (χ3v) is 4.65. The van der Waals surface area contributed by atoms with Crippen LogP contribution in [0.1, 0.15) is 52.0 Å². The van der Waals surface area contributed by atoms with Crippen LogP contribution in [0.25, 0.3) is 0 Å². The third-order valence-electron chi connectivity index (χ3n) is 4.65. The fraction of sp³-hybridized carbons (Fsp3) is 0.632. The predicted octanol–water partition coefficient (Wildman–Crippen LogP) is 3.29. The van der Waals surface area contributed by atoms with Crippen LogP contribution in [0, 0.1) is 5.92 Å². The minimum atomic E-state index is -0.305. The molecule has 4 nitrogen and oxygen atoms in total. The molecule has 3 N–H and O–H groups in total. The highest BCUT2D eigenvalue weighted by molar-refractivity contribution is 5.76. The molecule has 4 heteroatoms. The largest absolute Gasteiger partial charge is 0.497 e. The summed E-state index contributed by atoms with van der Waals surface area (Å²) >= 11 is 0. The Labute approximate surface area is 140 Å². The van der Waals surface area contributed by atoms with Gasteiger partial charge in [-0.05, 0) is 49.8 Å². The fourth-order valence-corrected chi connectivity index (χ4v) is 2.40. The molecule has 0 bridgehead atoms. The molecule has 0 radical (unpaired) electrons. The van der Waals surface area contributed by atoms with Gasteiger partial charge in [-0.1, -0.05) is 32.4 Å². The quantitative estimate of drug-likeness (QED) is 0.650. The molecule has 1 amide bonds. The first-order chi connectivity index (χ1) is 10.9. The lowest BCUT2D eigenvalue weighted by Crippen LogP contribution is -2.54. The average Bonchev–Trinajstić information content (AvgIpc) is 2.54. The number of hydrogen-bond acceptors (Lipinski definition) is 3. The van der Waals surface area contributed by atoms with Crippen molar-refractivity contribution in [2.45, 2.75) is 58.4 Å². The Bertz CT molecular complexity index is 471. The molecular formula is C19H32N2O2. The number of carbonyl (C=O) groups excluding carboxylic acids is 1. The number of rotatable bonds is 10. The van der Waals surface area contributed by atoms with Crippen molar-refractivity contribution in [3.05, 3.63) is 29.8 Å². The molecule has 0 aliphatic heterocycles. The normalized spacial score (nSPS) is 13.7. The Morgan fingerprint density at radius 3 is 2.39 bits per heavy atom. The van der Waals surface area contributed by atoms with Gasteiger partial charge in [0, 0.05) is 13.0 Å². The van der Waals surface area contributed by atoms with Crippen LogP contribution < -0.4 is 15.8 Å². The summed E-state index contributed by atoms with van der Waals surface area (Å²) in [5.74, 6) is 1.32. The van der Waals surface area contributed by atoms with Gasteiger partial charge in [0.25, 0.3) is 0 Å². The molecule has 1 rings (SSSR count). The van der Waals surface area contributed by atoms with Gasteiger partial charge in [0.05, 0.1) is 12.6 Å². The second-order valence-corrected chi connectivity index (χ2v) is 6.73. The van der Waals surface area contributed by atoms with Crippen molar-refractivity contribution in [2.75, 3.05) is 13.7 Å². The van der Waals surface area contributed by atoms with Gasteiger partial charge in [-0.15, -0.1) is 0 Å². The molecule has 0 aliphatic carbocycles. The fourth-order valence-electron chi connectivity index (χ4n) is 2.40. The van der Waals surface area contributed by atoms with Gasteiger partial charge < -0.3 is 15.8 Å². The summed E-state index contributed by atoms with van der Waals surface area (Å²) < 4.78 is 5.15. The summed E-state index contributed by atoms with van der Waals surface area (Å²) in [7, 11) is 1.68. The second-order valence-electron chi connectivity index (χ2n) is 6.73. The van der Waals surface area contributed by atoms with Crippen LogP contribution in [-0.4, -0.2) is 25.1 Å². The summed E-state index contributed by atoms with van der Waals surface area (Å²) in [6, 6.07) is 8.17. The maximum Gasteiger partial charge on any atom is 0.220 e. The van der Waals surface area contributed by atoms with Crippen LogP contribution in [0.3, 0.4) is 0 Å². The molecule has 0 saturated heterocycles. The van der Waals surface area contributed by atoms with Crippen LogP contribution in [0.5, 0.6) is 5.75 Å². The first-order valence-electron chi connectivity index (χ1n) is 8.55. The van der Waals surface area contributed by atoms with Crippen LogP contribution in [-0.2, 0) is 11.2 Å². The number of ether oxygens (including phenoxy) is 1. The van der Waals surface area contributed by atoms with E-state index in [9.17, 15) is 4.79 Å². The van der Waals surface area contributed by atoms with Crippen molar-refractivity contribution in [1.82, 2.24) is 5.32 Å². The molecule has 1 atom stereocenters. The van der Waals surface area contributed by atoms with Crippen LogP contribution >= 0.6 is 0 Å². The highest BCUT2D eigenvalue weighted by Crippen LogP contribution is 2.16. The number of nitrogens with two attached hydrogens (primary N) is 1. The van der Waals surface area contributed by atoms with E-state index in [-0.39, 0.29) is 11.4 Å². The maximum absolute atomic E-state index is 12.0. The Morgan fingerprint density at radius 2 is 1.87 bits per heavy atom. The van der Waals surface area contributed by atoms with Crippen LogP contribution in [0.4, 0.5) is 0 Å². The standard InChI is InChI=1S/C19H32N2O2/c1-15(2)19(3,14-20)21-18(22)9-7-5-6-8-16-10-12-17(23-4)13-11-16/h10-13,15H,5-9,14,20H2,1-4H3,(H,21,22). The van der Waals surface area contributed by atoms with Crippen molar-refractivity contribution in [2.24, 2.45) is 11.7 Å². The van der Waals surface area contributed by atoms with Gasteiger partial charge in [-0.2, -0.15) is 0 Å². The van der Waals surface area contributed by atoms with Crippen molar-refractivity contribution < 1.29 is 9.53 Å². The minimum absolute atomic E-state index is 0.107. The van der Waals surface area contributed by atoms with E-state index in [2.05, 4.69) is 31.3 Å². The van der Waals surface area contributed by atoms with Gasteiger partial charge in [-0.25, -0.2) is 0 Å². The number of amides is 1. The molecular weight excluding hydrogens is 288 g/mol. The second kappa shape index (κ2) is 9.56. The lowest BCUT2D eigenvalue weighted by molar-refractivity contribution is -0.123. The summed E-state index contributed by atoms with van der Waals surface area (Å²) in [4.78, 5) is 12.0. The first-order valence-corrected chi connectivity index (χ1v) is 8.55. The zero-order chi connectivity index (χ0) is 17.3. The number of hydrogen-bond donors (Lipinski definition) is 2. The molecule has 1 aromatic carbocycles. The lowest BCUT2D eigenvalue weighted by atomic mass is 9.88. The van der Waals surface area contributed by atoms with E-state index in [4.69, 9.17) is 10.5 Å². The van der Waals surface area contributed by atoms with E-state index in [1.807, 2.05) is 19.1 Å². The molecule has 1 aromatic rings. The molecule has 1 unspecified atom stereocenters. The molecule has 0 aliphatic rings. The Kier molecular flexibility index (Phi) is 8.10. The van der Waals surface area contributed by atoms with Crippen LogP contribution in [0.15, 0.2) is 24.3 Å². The van der Waals surface area contributed by atoms with Crippen molar-refractivity contribution >= 4 is 5.91 Å². The van der Waals surface area contributed by atoms with Crippen molar-refractivity contribution in [3.8, 4) is 5.75 Å². The van der Waals surface area contributed by atoms with Gasteiger partial charge >= 0.3 is 0 Å². The van der Waals surface area contributed by atoms with Gasteiger partial charge in [0.15, 0.2) is 0 Å². The van der Waals surface area contributed by atoms with Crippen molar-refractivity contribution in [3.63, 3.8) is 0 Å². The highest BCUT2D eigenvalue weighted by Gasteiger charge is 2.28. The van der Waals surface area contributed by atoms with E-state index < -0.39 is 0 Å². The smallest absolute Gasteiger partial charge is 0.220 e. The van der Waals surface area contributed by atoms with Gasteiger partial charge in [0.1, 0.15) is 5.75 Å². The number of aryl methyl sites for hydroxylation is 1. The summed E-state index contributed by atoms with van der Waals surface area (Å²) in [5, 5.41) is 3.09. The summed E-state index contributed by atoms with van der Waals surface area (Å²) in [6.07, 6.45) is 4.68. The molecule has 23 heavy (non-hydrogen) atoms. The van der Waals surface area contributed by atoms with E-state index in [0.717, 1.165) is 31.4 Å². The number of methoxy groups -OCH3 is 1. The highest BCUT2D eigenvalue weighted by atomic mass is 16.5. The van der Waals surface area contributed by atoms with E-state index in [0.29, 0.717) is 18.9 Å². The first kappa shape index (κ1) is 19.5. The molecule has 0 aromatic heterocycles. The SMILES string of the molecule is COc1ccc(CCCCCC(=O)NC(C)(CN)C(C)C)cc1. The van der Waals surface area contributed by atoms with Crippen LogP contribution in [0.2, 0.25) is 0 Å². The number of carbonyl (C=O) groups is 1. The zero-order valence-corrected chi connectivity index (χ0v) is 15.0. The lowest BCUT2D eigenvalue weighted by Gasteiger charge is -2.33. The Morgan fingerprint density at radius 1 is 1.22 bits per heavy atom. The summed E-state index contributed by atoms with van der Waals surface area (Å²) in [6.45, 7) is 6.65.